The third-order valence-corrected chi connectivity index (χ3v) is 3.56. The predicted octanol–water partition coefficient (Wildman–Crippen LogP) is 1.94. The first kappa shape index (κ1) is 20.0. The van der Waals surface area contributed by atoms with E-state index in [1.807, 2.05) is 0 Å². The van der Waals surface area contributed by atoms with E-state index in [1.165, 1.54) is 4.90 Å². The number of esters is 1. The molecular weight excluding hydrogens is 329 g/mol. The Morgan fingerprint density at radius 1 is 1.35 bits per heavy atom. The van der Waals surface area contributed by atoms with Crippen molar-refractivity contribution in [2.75, 3.05) is 26.3 Å². The van der Waals surface area contributed by atoms with Crippen molar-refractivity contribution in [3.63, 3.8) is 0 Å². The van der Waals surface area contributed by atoms with Crippen molar-refractivity contribution in [3.05, 3.63) is 0 Å². The maximum absolute atomic E-state index is 12.2. The molecule has 7 nitrogen and oxygen atoms in total. The van der Waals surface area contributed by atoms with Gasteiger partial charge in [-0.25, -0.2) is 4.79 Å². The molecule has 1 aliphatic heterocycles. The van der Waals surface area contributed by atoms with Gasteiger partial charge < -0.3 is 19.5 Å². The first-order chi connectivity index (χ1) is 10.7. The first-order valence-corrected chi connectivity index (χ1v) is 8.06. The van der Waals surface area contributed by atoms with Gasteiger partial charge in [0.05, 0.1) is 19.3 Å². The molecule has 0 spiro atoms. The zero-order valence-electron chi connectivity index (χ0n) is 13.8. The highest BCUT2D eigenvalue weighted by atomic mass is 32.2. The van der Waals surface area contributed by atoms with Crippen LogP contribution in [0.4, 0.5) is 8.68 Å². The summed E-state index contributed by atoms with van der Waals surface area (Å²) in [7, 11) is 0. The summed E-state index contributed by atoms with van der Waals surface area (Å²) in [6, 6.07) is 0. The van der Waals surface area contributed by atoms with E-state index in [9.17, 15) is 18.6 Å². The Morgan fingerprint density at radius 3 is 2.52 bits per heavy atom. The highest BCUT2D eigenvalue weighted by Gasteiger charge is 2.43. The standard InChI is InChI=1S/C14H24FNO6S/c1-5-20-12(18)10-7-16(13(19)22-14(2,3)4)6-9(11(10)17)8-21-23-15/h9-11,17H,5-8H2,1-4H3. The molecule has 0 aliphatic carbocycles. The van der Waals surface area contributed by atoms with Gasteiger partial charge in [-0.1, -0.05) is 0 Å². The summed E-state index contributed by atoms with van der Waals surface area (Å²) in [5, 5.41) is 10.3. The lowest BCUT2D eigenvalue weighted by atomic mass is 9.86. The molecule has 3 unspecified atom stereocenters. The topological polar surface area (TPSA) is 85.3 Å². The SMILES string of the molecule is CCOC(=O)C1CN(C(=O)OC(C)(C)C)CC(COSF)C1O. The number of hydrogen-bond acceptors (Lipinski definition) is 7. The zero-order chi connectivity index (χ0) is 17.6. The number of halogens is 1. The van der Waals surface area contributed by atoms with Crippen molar-refractivity contribution in [2.24, 2.45) is 11.8 Å². The number of rotatable bonds is 5. The highest BCUT2D eigenvalue weighted by Crippen LogP contribution is 2.27. The maximum atomic E-state index is 12.2. The Morgan fingerprint density at radius 2 is 2.00 bits per heavy atom. The minimum atomic E-state index is -1.08. The van der Waals surface area contributed by atoms with E-state index in [0.717, 1.165) is 0 Å². The number of hydrogen-bond donors (Lipinski definition) is 1. The molecule has 0 aromatic heterocycles. The number of aliphatic hydroxyl groups excluding tert-OH is 1. The van der Waals surface area contributed by atoms with Crippen LogP contribution < -0.4 is 0 Å². The van der Waals surface area contributed by atoms with Gasteiger partial charge in [0, 0.05) is 19.0 Å². The monoisotopic (exact) mass is 353 g/mol. The van der Waals surface area contributed by atoms with Crippen molar-refractivity contribution < 1.29 is 32.2 Å². The van der Waals surface area contributed by atoms with Crippen molar-refractivity contribution in [2.45, 2.75) is 39.4 Å². The van der Waals surface area contributed by atoms with Gasteiger partial charge in [0.1, 0.15) is 11.5 Å². The Kier molecular flexibility index (Phi) is 7.56. The van der Waals surface area contributed by atoms with Crippen LogP contribution in [0.15, 0.2) is 0 Å². The molecular formula is C14H24FNO6S. The van der Waals surface area contributed by atoms with E-state index in [1.54, 1.807) is 27.7 Å². The number of ether oxygens (including phenoxy) is 2. The van der Waals surface area contributed by atoms with Gasteiger partial charge in [-0.05, 0) is 27.7 Å². The lowest BCUT2D eigenvalue weighted by Gasteiger charge is -2.40. The summed E-state index contributed by atoms with van der Waals surface area (Å²) >= 11 is -0.325. The molecule has 1 rings (SSSR count). The number of aliphatic hydroxyl groups is 1. The Hall–Kier alpha value is -1.06. The number of likely N-dealkylation sites (tertiary alicyclic amines) is 1. The fraction of sp³-hybridized carbons (Fsp3) is 0.857. The summed E-state index contributed by atoms with van der Waals surface area (Å²) in [4.78, 5) is 25.5. The summed E-state index contributed by atoms with van der Waals surface area (Å²) in [6.07, 6.45) is -1.68. The van der Waals surface area contributed by atoms with Crippen LogP contribution in [0, 0.1) is 11.8 Å². The minimum absolute atomic E-state index is 0.0197. The van der Waals surface area contributed by atoms with E-state index in [2.05, 4.69) is 4.18 Å². The maximum Gasteiger partial charge on any atom is 0.410 e. The number of nitrogens with zero attached hydrogens (tertiary/aromatic N) is 1. The molecule has 1 amide bonds. The Labute approximate surface area is 139 Å². The number of amides is 1. The molecule has 0 radical (unpaired) electrons. The molecule has 3 atom stereocenters. The summed E-state index contributed by atoms with van der Waals surface area (Å²) in [6.45, 7) is 6.94. The van der Waals surface area contributed by atoms with Gasteiger partial charge in [0.25, 0.3) is 0 Å². The average Bonchev–Trinajstić information content (AvgIpc) is 2.44. The molecule has 23 heavy (non-hydrogen) atoms. The molecule has 1 heterocycles. The average molecular weight is 353 g/mol. The largest absolute Gasteiger partial charge is 0.466 e. The third kappa shape index (κ3) is 6.15. The summed E-state index contributed by atoms with van der Waals surface area (Å²) < 4.78 is 27.0. The summed E-state index contributed by atoms with van der Waals surface area (Å²) in [5.41, 5.74) is -0.687. The number of carbonyl (C=O) groups excluding carboxylic acids is 2. The van der Waals surface area contributed by atoms with Gasteiger partial charge in [0.2, 0.25) is 12.4 Å². The number of piperidine rings is 1. The lowest BCUT2D eigenvalue weighted by molar-refractivity contribution is -0.158. The van der Waals surface area contributed by atoms with Crippen LogP contribution in [-0.4, -0.2) is 60.1 Å². The quantitative estimate of drug-likeness (QED) is 0.597. The third-order valence-electron chi connectivity index (χ3n) is 3.33. The van der Waals surface area contributed by atoms with Crippen LogP contribution >= 0.6 is 12.4 Å². The minimum Gasteiger partial charge on any atom is -0.466 e. The molecule has 0 bridgehead atoms. The molecule has 1 saturated heterocycles. The Balaban J connectivity index is 2.86. The molecule has 0 aromatic carbocycles. The second-order valence-electron chi connectivity index (χ2n) is 6.34. The van der Waals surface area contributed by atoms with Crippen LogP contribution in [0.2, 0.25) is 0 Å². The highest BCUT2D eigenvalue weighted by molar-refractivity contribution is 7.89. The zero-order valence-corrected chi connectivity index (χ0v) is 14.6. The van der Waals surface area contributed by atoms with Crippen molar-refractivity contribution in [1.82, 2.24) is 4.90 Å². The van der Waals surface area contributed by atoms with Crippen molar-refractivity contribution in [3.8, 4) is 0 Å². The predicted molar refractivity (Wildman–Crippen MR) is 82.1 cm³/mol. The second kappa shape index (κ2) is 8.70. The van der Waals surface area contributed by atoms with Crippen LogP contribution in [0.25, 0.3) is 0 Å². The molecule has 1 fully saturated rings. The lowest BCUT2D eigenvalue weighted by Crippen LogP contribution is -2.55. The van der Waals surface area contributed by atoms with Gasteiger partial charge >= 0.3 is 12.1 Å². The first-order valence-electron chi connectivity index (χ1n) is 7.42. The molecule has 1 N–H and O–H groups in total. The van der Waals surface area contributed by atoms with Crippen molar-refractivity contribution >= 4 is 24.5 Å². The molecule has 1 aliphatic rings. The molecule has 0 saturated carbocycles. The van der Waals surface area contributed by atoms with Gasteiger partial charge in [-0.3, -0.25) is 8.98 Å². The fourth-order valence-electron chi connectivity index (χ4n) is 2.34. The normalized spacial score (nSPS) is 25.1. The molecule has 134 valence electrons. The van der Waals surface area contributed by atoms with Gasteiger partial charge in [-0.2, -0.15) is 0 Å². The van der Waals surface area contributed by atoms with Crippen molar-refractivity contribution in [1.29, 1.82) is 0 Å². The van der Waals surface area contributed by atoms with Crippen LogP contribution in [0.3, 0.4) is 0 Å². The number of carbonyl (C=O) groups is 2. The fourth-order valence-corrected chi connectivity index (χ4v) is 2.57. The van der Waals surface area contributed by atoms with Crippen LogP contribution in [-0.2, 0) is 18.5 Å². The van der Waals surface area contributed by atoms with Gasteiger partial charge in [-0.15, -0.1) is 3.89 Å². The molecule has 9 heteroatoms. The van der Waals surface area contributed by atoms with E-state index in [4.69, 9.17) is 9.47 Å². The summed E-state index contributed by atoms with van der Waals surface area (Å²) in [5.74, 6) is -2.14. The van der Waals surface area contributed by atoms with E-state index < -0.39 is 35.6 Å². The van der Waals surface area contributed by atoms with Gasteiger partial charge in [0.15, 0.2) is 0 Å². The van der Waals surface area contributed by atoms with E-state index >= 15 is 0 Å². The molecule has 0 aromatic rings. The van der Waals surface area contributed by atoms with E-state index in [-0.39, 0.29) is 38.7 Å². The Bertz CT molecular complexity index is 417. The second-order valence-corrected chi connectivity index (χ2v) is 6.70. The smallest absolute Gasteiger partial charge is 0.410 e. The van der Waals surface area contributed by atoms with Crippen LogP contribution in [0.5, 0.6) is 0 Å². The van der Waals surface area contributed by atoms with E-state index in [0.29, 0.717) is 0 Å². The van der Waals surface area contributed by atoms with Crippen LogP contribution in [0.1, 0.15) is 27.7 Å².